The van der Waals surface area contributed by atoms with Gasteiger partial charge in [0.1, 0.15) is 35.2 Å². The molecule has 4 amide bonds. The maximum atomic E-state index is 14.9. The van der Waals surface area contributed by atoms with Gasteiger partial charge in [0.05, 0.1) is 36.7 Å². The fourth-order valence-electron chi connectivity index (χ4n) is 8.75. The first kappa shape index (κ1) is 40.3. The van der Waals surface area contributed by atoms with Crippen LogP contribution in [0.5, 0.6) is 11.5 Å². The Bertz CT molecular complexity index is 2270. The molecule has 3 saturated carbocycles. The van der Waals surface area contributed by atoms with E-state index in [9.17, 15) is 27.6 Å². The maximum Gasteiger partial charge on any atom is 0.407 e. The number of sulfonamides is 1. The quantitative estimate of drug-likeness (QED) is 0.236. The molecule has 14 nitrogen and oxygen atoms in total. The number of nitrogens with one attached hydrogen (secondary N) is 3. The molecular formula is C44H51N5O9S. The third-order valence-corrected chi connectivity index (χ3v) is 14.1. The lowest BCUT2D eigenvalue weighted by Gasteiger charge is -2.34. The summed E-state index contributed by atoms with van der Waals surface area (Å²) in [6.45, 7) is 3.94. The second kappa shape index (κ2) is 16.7. The number of pyridine rings is 1. The number of carbonyl (C=O) groups is 4. The Labute approximate surface area is 344 Å². The van der Waals surface area contributed by atoms with Crippen LogP contribution >= 0.6 is 0 Å². The molecule has 3 heterocycles. The number of rotatable bonds is 9. The molecule has 8 rings (SSSR count). The van der Waals surface area contributed by atoms with Crippen molar-refractivity contribution in [2.45, 2.75) is 99.6 Å². The number of alkyl carbamates (subject to hydrolysis) is 1. The number of hydrogen-bond acceptors (Lipinski definition) is 10. The maximum absolute atomic E-state index is 14.9. The van der Waals surface area contributed by atoms with E-state index in [1.165, 1.54) is 11.0 Å². The van der Waals surface area contributed by atoms with Crippen LogP contribution in [0.1, 0.15) is 76.2 Å². The highest BCUT2D eigenvalue weighted by atomic mass is 32.2. The number of benzene rings is 2. The summed E-state index contributed by atoms with van der Waals surface area (Å²) in [5, 5.41) is 5.79. The van der Waals surface area contributed by atoms with Gasteiger partial charge in [-0.15, -0.1) is 6.58 Å². The van der Waals surface area contributed by atoms with E-state index < -0.39 is 68.7 Å². The van der Waals surface area contributed by atoms with Crippen LogP contribution in [0.2, 0.25) is 0 Å². The molecule has 5 aliphatic rings. The number of hydrogen-bond donors (Lipinski definition) is 3. The molecule has 312 valence electrons. The minimum Gasteiger partial charge on any atom is -0.496 e. The van der Waals surface area contributed by atoms with Crippen molar-refractivity contribution in [3.05, 3.63) is 72.8 Å². The van der Waals surface area contributed by atoms with Crippen LogP contribution in [0.15, 0.2) is 67.3 Å². The minimum atomic E-state index is -3.91. The zero-order chi connectivity index (χ0) is 41.3. The second-order valence-electron chi connectivity index (χ2n) is 16.3. The highest BCUT2D eigenvalue weighted by molar-refractivity contribution is 7.91. The van der Waals surface area contributed by atoms with E-state index in [-0.39, 0.29) is 31.9 Å². The molecular weight excluding hydrogens is 775 g/mol. The molecule has 0 spiro atoms. The zero-order valence-corrected chi connectivity index (χ0v) is 34.0. The molecule has 4 fully saturated rings. The molecule has 15 heteroatoms. The number of allylic oxidation sites excluding steroid dienone is 1. The standard InChI is InChI=1S/C44H51N5O9S/c1-3-30-25-44(30,42(52)48-59(54,55)32-18-19-32)47-40(50)36-22-31-26-49(36)41(51)39(28-15-9-5-10-16-28)46-43(53)57-20-12-6-11-17-29-21-33-35(24-37(29)56-2)45-34(23-38(33)58-31)27-13-7-4-8-14-27/h3-4,7-8,11,13-14,17,21,23-24,28,30-32,36,39H,1,5-6,9-10,12,15-16,18-20,22,25-26H2,2H3,(H,46,53)(H,47,50)(H,48,52)/b17-11+/t30-,31+,36-,39-,44+/m0/s1. The molecule has 3 N–H and O–H groups in total. The van der Waals surface area contributed by atoms with E-state index in [0.717, 1.165) is 30.4 Å². The molecule has 3 aliphatic carbocycles. The van der Waals surface area contributed by atoms with E-state index in [0.29, 0.717) is 66.6 Å². The van der Waals surface area contributed by atoms with E-state index >= 15 is 0 Å². The lowest BCUT2D eigenvalue weighted by Crippen LogP contribution is -2.59. The fourth-order valence-corrected chi connectivity index (χ4v) is 10.1. The van der Waals surface area contributed by atoms with Crippen LogP contribution in [0.3, 0.4) is 0 Å². The lowest BCUT2D eigenvalue weighted by atomic mass is 9.83. The van der Waals surface area contributed by atoms with Gasteiger partial charge in [-0.05, 0) is 56.9 Å². The van der Waals surface area contributed by atoms with Gasteiger partial charge < -0.3 is 29.7 Å². The van der Waals surface area contributed by atoms with Gasteiger partial charge in [0.25, 0.3) is 5.91 Å². The van der Waals surface area contributed by atoms with Crippen molar-refractivity contribution in [1.29, 1.82) is 0 Å². The highest BCUT2D eigenvalue weighted by Crippen LogP contribution is 2.46. The van der Waals surface area contributed by atoms with Crippen molar-refractivity contribution in [2.24, 2.45) is 11.8 Å². The van der Waals surface area contributed by atoms with E-state index in [1.54, 1.807) is 7.11 Å². The number of aromatic nitrogens is 1. The van der Waals surface area contributed by atoms with Crippen molar-refractivity contribution in [3.63, 3.8) is 0 Å². The summed E-state index contributed by atoms with van der Waals surface area (Å²) in [6, 6.07) is 13.2. The Kier molecular flexibility index (Phi) is 11.4. The van der Waals surface area contributed by atoms with Crippen LogP contribution in [-0.2, 0) is 29.1 Å². The molecule has 2 aromatic carbocycles. The molecule has 0 radical (unpaired) electrons. The topological polar surface area (TPSA) is 182 Å². The number of methoxy groups -OCH3 is 1. The van der Waals surface area contributed by atoms with Gasteiger partial charge in [0.2, 0.25) is 21.8 Å². The van der Waals surface area contributed by atoms with E-state index in [4.69, 9.17) is 19.2 Å². The third kappa shape index (κ3) is 8.52. The summed E-state index contributed by atoms with van der Waals surface area (Å²) in [4.78, 5) is 62.9. The van der Waals surface area contributed by atoms with Gasteiger partial charge in [-0.1, -0.05) is 67.8 Å². The molecule has 1 aromatic heterocycles. The summed E-state index contributed by atoms with van der Waals surface area (Å²) >= 11 is 0. The minimum absolute atomic E-state index is 0.00951. The predicted octanol–water partition coefficient (Wildman–Crippen LogP) is 5.41. The first-order valence-corrected chi connectivity index (χ1v) is 22.2. The molecule has 1 saturated heterocycles. The first-order chi connectivity index (χ1) is 28.5. The van der Waals surface area contributed by atoms with Crippen LogP contribution in [-0.4, -0.2) is 91.4 Å². The van der Waals surface area contributed by atoms with Crippen molar-refractivity contribution >= 4 is 50.8 Å². The second-order valence-corrected chi connectivity index (χ2v) is 18.3. The van der Waals surface area contributed by atoms with Crippen molar-refractivity contribution < 1.29 is 41.8 Å². The van der Waals surface area contributed by atoms with Crippen LogP contribution in [0.25, 0.3) is 28.2 Å². The highest BCUT2D eigenvalue weighted by Gasteiger charge is 2.62. The lowest BCUT2D eigenvalue weighted by molar-refractivity contribution is -0.142. The molecule has 2 aliphatic heterocycles. The van der Waals surface area contributed by atoms with E-state index in [1.807, 2.05) is 60.7 Å². The van der Waals surface area contributed by atoms with Gasteiger partial charge >= 0.3 is 6.09 Å². The van der Waals surface area contributed by atoms with E-state index in [2.05, 4.69) is 21.9 Å². The Hall–Kier alpha value is -5.44. The smallest absolute Gasteiger partial charge is 0.407 e. The monoisotopic (exact) mass is 825 g/mol. The normalized spacial score (nSPS) is 27.0. The average Bonchev–Trinajstić information content (AvgIpc) is 4.17. The molecule has 4 bridgehead atoms. The van der Waals surface area contributed by atoms with Gasteiger partial charge in [0, 0.05) is 41.0 Å². The Morgan fingerprint density at radius 2 is 1.83 bits per heavy atom. The van der Waals surface area contributed by atoms with Crippen LogP contribution < -0.4 is 24.8 Å². The summed E-state index contributed by atoms with van der Waals surface area (Å²) in [6.07, 6.45) is 10.5. The number of cyclic esters (lactones) is 1. The fraction of sp³-hybridized carbons (Fsp3) is 0.477. The summed E-state index contributed by atoms with van der Waals surface area (Å²) in [7, 11) is -2.32. The number of fused-ring (bicyclic) bond motifs is 3. The molecule has 5 atom stereocenters. The van der Waals surface area contributed by atoms with Gasteiger partial charge in [-0.3, -0.25) is 19.1 Å². The summed E-state index contributed by atoms with van der Waals surface area (Å²) in [5.41, 5.74) is 1.36. The average molecular weight is 826 g/mol. The largest absolute Gasteiger partial charge is 0.496 e. The number of nitrogens with zero attached hydrogens (tertiary/aromatic N) is 2. The number of amides is 4. The predicted molar refractivity (Wildman–Crippen MR) is 221 cm³/mol. The van der Waals surface area contributed by atoms with Gasteiger partial charge in [-0.2, -0.15) is 0 Å². The van der Waals surface area contributed by atoms with Gasteiger partial charge in [-0.25, -0.2) is 18.2 Å². The Morgan fingerprint density at radius 3 is 2.54 bits per heavy atom. The van der Waals surface area contributed by atoms with Crippen LogP contribution in [0.4, 0.5) is 4.79 Å². The van der Waals surface area contributed by atoms with Crippen molar-refractivity contribution in [2.75, 3.05) is 20.3 Å². The molecule has 59 heavy (non-hydrogen) atoms. The molecule has 3 aromatic rings. The summed E-state index contributed by atoms with van der Waals surface area (Å²) in [5.74, 6) is -1.53. The van der Waals surface area contributed by atoms with Crippen molar-refractivity contribution in [3.8, 4) is 22.8 Å². The van der Waals surface area contributed by atoms with Gasteiger partial charge in [0.15, 0.2) is 0 Å². The number of carbonyl (C=O) groups excluding carboxylic acids is 4. The SMILES string of the molecule is C=C[C@H]1C[C@]1(NC(=O)[C@@H]1C[C@@H]2CN1C(=O)[C@H](C1CCCCC1)NC(=O)OCCC/C=C/c1cc3c(cc(-c4ccccc4)nc3cc1OC)O2)C(=O)NS(=O)(=O)C1CC1. The zero-order valence-electron chi connectivity index (χ0n) is 33.2. The third-order valence-electron chi connectivity index (χ3n) is 12.3. The Balaban J connectivity index is 1.18. The molecule has 0 unspecified atom stereocenters. The first-order valence-electron chi connectivity index (χ1n) is 20.7. The summed E-state index contributed by atoms with van der Waals surface area (Å²) < 4.78 is 46.1. The van der Waals surface area contributed by atoms with Crippen molar-refractivity contribution in [1.82, 2.24) is 25.2 Å². The Morgan fingerprint density at radius 1 is 1.05 bits per heavy atom. The number of ether oxygens (including phenoxy) is 3. The van der Waals surface area contributed by atoms with Crippen LogP contribution in [0, 0.1) is 11.8 Å².